The zero-order valence-corrected chi connectivity index (χ0v) is 11.1. The first-order valence-corrected chi connectivity index (χ1v) is 6.22. The lowest BCUT2D eigenvalue weighted by molar-refractivity contribution is -0.128. The highest BCUT2D eigenvalue weighted by atomic mass is 79.9. The van der Waals surface area contributed by atoms with Crippen molar-refractivity contribution in [1.82, 2.24) is 10.3 Å². The Morgan fingerprint density at radius 2 is 2.47 bits per heavy atom. The monoisotopic (exact) mass is 299 g/mol. The summed E-state index contributed by atoms with van der Waals surface area (Å²) < 4.78 is 6.12. The third kappa shape index (κ3) is 3.24. The van der Waals surface area contributed by atoms with Crippen LogP contribution in [0.1, 0.15) is 5.69 Å². The molecule has 0 aromatic carbocycles. The zero-order chi connectivity index (χ0) is 12.3. The molecule has 0 saturated carbocycles. The molecule has 1 aromatic heterocycles. The Morgan fingerprint density at radius 1 is 1.65 bits per heavy atom. The summed E-state index contributed by atoms with van der Waals surface area (Å²) in [5.74, 6) is -0.135. The number of nitrogens with zero attached hydrogens (tertiary/aromatic N) is 1. The van der Waals surface area contributed by atoms with Gasteiger partial charge in [-0.15, -0.1) is 0 Å². The summed E-state index contributed by atoms with van der Waals surface area (Å²) in [6.45, 7) is 3.76. The molecular weight excluding hydrogens is 286 g/mol. The number of hydrogen-bond donors (Lipinski definition) is 2. The van der Waals surface area contributed by atoms with Crippen LogP contribution in [0.4, 0.5) is 5.69 Å². The molecule has 2 N–H and O–H groups in total. The summed E-state index contributed by atoms with van der Waals surface area (Å²) in [4.78, 5) is 16.1. The van der Waals surface area contributed by atoms with Gasteiger partial charge in [-0.3, -0.25) is 4.79 Å². The number of rotatable bonds is 2. The molecule has 2 heterocycles. The second-order valence-corrected chi connectivity index (χ2v) is 4.63. The maximum atomic E-state index is 11.9. The van der Waals surface area contributed by atoms with Gasteiger partial charge < -0.3 is 15.4 Å². The van der Waals surface area contributed by atoms with Crippen molar-refractivity contribution in [2.45, 2.75) is 13.0 Å². The van der Waals surface area contributed by atoms with E-state index < -0.39 is 6.10 Å². The molecule has 17 heavy (non-hydrogen) atoms. The molecule has 2 rings (SSSR count). The first kappa shape index (κ1) is 12.5. The predicted octanol–water partition coefficient (Wildman–Crippen LogP) is 1.08. The topological polar surface area (TPSA) is 63.2 Å². The lowest BCUT2D eigenvalue weighted by Crippen LogP contribution is -2.45. The molecule has 0 aliphatic carbocycles. The first-order valence-electron chi connectivity index (χ1n) is 5.43. The molecule has 1 fully saturated rings. The number of aromatic nitrogens is 1. The van der Waals surface area contributed by atoms with Crippen molar-refractivity contribution >= 4 is 27.5 Å². The minimum absolute atomic E-state index is 0.135. The van der Waals surface area contributed by atoms with Crippen LogP contribution in [0.15, 0.2) is 16.7 Å². The molecule has 0 bridgehead atoms. The fourth-order valence-corrected chi connectivity index (χ4v) is 2.01. The van der Waals surface area contributed by atoms with E-state index in [4.69, 9.17) is 4.74 Å². The second kappa shape index (κ2) is 5.57. The van der Waals surface area contributed by atoms with Crippen LogP contribution in [0.5, 0.6) is 0 Å². The fourth-order valence-electron chi connectivity index (χ4n) is 1.61. The van der Waals surface area contributed by atoms with E-state index in [0.29, 0.717) is 18.8 Å². The van der Waals surface area contributed by atoms with Crippen LogP contribution in [0.3, 0.4) is 0 Å². The van der Waals surface area contributed by atoms with Gasteiger partial charge in [0, 0.05) is 13.1 Å². The van der Waals surface area contributed by atoms with Crippen molar-refractivity contribution in [3.63, 3.8) is 0 Å². The van der Waals surface area contributed by atoms with Crippen molar-refractivity contribution in [1.29, 1.82) is 0 Å². The molecule has 0 radical (unpaired) electrons. The molecule has 5 nitrogen and oxygen atoms in total. The Balaban J connectivity index is 2.02. The van der Waals surface area contributed by atoms with Crippen LogP contribution in [-0.4, -0.2) is 36.7 Å². The van der Waals surface area contributed by atoms with Crippen molar-refractivity contribution in [3.8, 4) is 0 Å². The molecule has 6 heteroatoms. The highest BCUT2D eigenvalue weighted by molar-refractivity contribution is 9.10. The highest BCUT2D eigenvalue weighted by Gasteiger charge is 2.22. The van der Waals surface area contributed by atoms with Crippen LogP contribution in [0.2, 0.25) is 0 Å². The number of hydrogen-bond acceptors (Lipinski definition) is 4. The summed E-state index contributed by atoms with van der Waals surface area (Å²) in [6.07, 6.45) is -0.424. The van der Waals surface area contributed by atoms with Crippen LogP contribution >= 0.6 is 15.9 Å². The Bertz CT molecular complexity index is 419. The number of aryl methyl sites for hydroxylation is 1. The van der Waals surface area contributed by atoms with E-state index in [0.717, 1.165) is 16.8 Å². The predicted molar refractivity (Wildman–Crippen MR) is 67.9 cm³/mol. The standard InChI is InChI=1S/C11H14BrN3O2/c1-7-8(2-3-10(12)14-7)15-11(16)9-6-13-4-5-17-9/h2-3,9,13H,4-6H2,1H3,(H,15,16). The molecule has 1 aliphatic heterocycles. The van der Waals surface area contributed by atoms with Gasteiger partial charge in [-0.05, 0) is 35.0 Å². The molecule has 1 atom stereocenters. The number of nitrogens with one attached hydrogen (secondary N) is 2. The summed E-state index contributed by atoms with van der Waals surface area (Å²) in [6, 6.07) is 3.61. The van der Waals surface area contributed by atoms with E-state index in [2.05, 4.69) is 31.5 Å². The Kier molecular flexibility index (Phi) is 4.09. The summed E-state index contributed by atoms with van der Waals surface area (Å²) in [5.41, 5.74) is 1.49. The molecule has 1 unspecified atom stereocenters. The van der Waals surface area contributed by atoms with Gasteiger partial charge in [0.2, 0.25) is 0 Å². The van der Waals surface area contributed by atoms with E-state index >= 15 is 0 Å². The van der Waals surface area contributed by atoms with Gasteiger partial charge in [0.25, 0.3) is 5.91 Å². The number of morpholine rings is 1. The molecule has 1 saturated heterocycles. The summed E-state index contributed by atoms with van der Waals surface area (Å²) >= 11 is 3.28. The Hall–Kier alpha value is -0.980. The van der Waals surface area contributed by atoms with Gasteiger partial charge >= 0.3 is 0 Å². The number of anilines is 1. The minimum atomic E-state index is -0.424. The van der Waals surface area contributed by atoms with Gasteiger partial charge in [0.05, 0.1) is 18.0 Å². The third-order valence-electron chi connectivity index (χ3n) is 2.53. The van der Waals surface area contributed by atoms with E-state index in [1.807, 2.05) is 13.0 Å². The lowest BCUT2D eigenvalue weighted by atomic mass is 10.2. The number of halogens is 1. The first-order chi connectivity index (χ1) is 8.16. The van der Waals surface area contributed by atoms with Gasteiger partial charge in [-0.2, -0.15) is 0 Å². The largest absolute Gasteiger partial charge is 0.366 e. The van der Waals surface area contributed by atoms with Gasteiger partial charge in [-0.25, -0.2) is 4.98 Å². The van der Waals surface area contributed by atoms with Crippen LogP contribution in [0.25, 0.3) is 0 Å². The minimum Gasteiger partial charge on any atom is -0.366 e. The SMILES string of the molecule is Cc1nc(Br)ccc1NC(=O)C1CNCCO1. The zero-order valence-electron chi connectivity index (χ0n) is 9.50. The fraction of sp³-hybridized carbons (Fsp3) is 0.455. The molecule has 1 aromatic rings. The van der Waals surface area contributed by atoms with E-state index in [9.17, 15) is 4.79 Å². The smallest absolute Gasteiger partial charge is 0.254 e. The molecule has 0 spiro atoms. The summed E-state index contributed by atoms with van der Waals surface area (Å²) in [5, 5.41) is 5.94. The van der Waals surface area contributed by atoms with Gasteiger partial charge in [0.1, 0.15) is 10.7 Å². The molecule has 1 aliphatic rings. The van der Waals surface area contributed by atoms with Crippen molar-refractivity contribution < 1.29 is 9.53 Å². The van der Waals surface area contributed by atoms with Gasteiger partial charge in [0.15, 0.2) is 0 Å². The average molecular weight is 300 g/mol. The summed E-state index contributed by atoms with van der Waals surface area (Å²) in [7, 11) is 0. The average Bonchev–Trinajstić information content (AvgIpc) is 2.34. The van der Waals surface area contributed by atoms with Crippen molar-refractivity contribution in [2.75, 3.05) is 25.0 Å². The Morgan fingerprint density at radius 3 is 3.12 bits per heavy atom. The van der Waals surface area contributed by atoms with E-state index in [1.54, 1.807) is 6.07 Å². The molecule has 92 valence electrons. The second-order valence-electron chi connectivity index (χ2n) is 3.82. The maximum Gasteiger partial charge on any atom is 0.254 e. The van der Waals surface area contributed by atoms with Crippen LogP contribution < -0.4 is 10.6 Å². The normalized spacial score (nSPS) is 20.0. The van der Waals surface area contributed by atoms with Crippen LogP contribution in [0, 0.1) is 6.92 Å². The number of amides is 1. The quantitative estimate of drug-likeness (QED) is 0.802. The number of carbonyl (C=O) groups excluding carboxylic acids is 1. The number of ether oxygens (including phenoxy) is 1. The lowest BCUT2D eigenvalue weighted by Gasteiger charge is -2.22. The maximum absolute atomic E-state index is 11.9. The van der Waals surface area contributed by atoms with Crippen molar-refractivity contribution in [3.05, 3.63) is 22.4 Å². The Labute approximate surface area is 108 Å². The van der Waals surface area contributed by atoms with E-state index in [-0.39, 0.29) is 5.91 Å². The number of pyridine rings is 1. The molecule has 1 amide bonds. The third-order valence-corrected chi connectivity index (χ3v) is 2.97. The van der Waals surface area contributed by atoms with Gasteiger partial charge in [-0.1, -0.05) is 0 Å². The number of carbonyl (C=O) groups is 1. The van der Waals surface area contributed by atoms with E-state index in [1.165, 1.54) is 0 Å². The highest BCUT2D eigenvalue weighted by Crippen LogP contribution is 2.16. The molecular formula is C11H14BrN3O2. The van der Waals surface area contributed by atoms with Crippen LogP contribution in [-0.2, 0) is 9.53 Å². The van der Waals surface area contributed by atoms with Crippen molar-refractivity contribution in [2.24, 2.45) is 0 Å².